The lowest BCUT2D eigenvalue weighted by molar-refractivity contribution is -0.122. The fourth-order valence-corrected chi connectivity index (χ4v) is 3.08. The van der Waals surface area contributed by atoms with Gasteiger partial charge in [-0.15, -0.1) is 0 Å². The van der Waals surface area contributed by atoms with Gasteiger partial charge in [0.25, 0.3) is 0 Å². The van der Waals surface area contributed by atoms with Crippen LogP contribution in [0.25, 0.3) is 11.0 Å². The SMILES string of the molecule is O=C(N/N=C/c1ccc2ncccc2n1)C1CC1c1cccc(Cl)c1. The molecule has 1 aromatic carbocycles. The lowest BCUT2D eigenvalue weighted by Crippen LogP contribution is -2.20. The summed E-state index contributed by atoms with van der Waals surface area (Å²) in [6, 6.07) is 15.1. The summed E-state index contributed by atoms with van der Waals surface area (Å²) >= 11 is 6.00. The number of hydrazone groups is 1. The molecule has 2 atom stereocenters. The first-order valence-corrected chi connectivity index (χ1v) is 8.39. The fraction of sp³-hybridized carbons (Fsp3) is 0.158. The Hall–Kier alpha value is -2.79. The summed E-state index contributed by atoms with van der Waals surface area (Å²) in [6.07, 6.45) is 4.09. The van der Waals surface area contributed by atoms with E-state index in [-0.39, 0.29) is 17.7 Å². The standard InChI is InChI=1S/C19H15ClN4O/c20-13-4-1-3-12(9-13)15-10-16(15)19(25)24-22-11-14-6-7-17-18(23-14)5-2-8-21-17/h1-9,11,15-16H,10H2,(H,24,25)/b22-11+. The largest absolute Gasteiger partial charge is 0.273 e. The number of aromatic nitrogens is 2. The van der Waals surface area contributed by atoms with E-state index in [9.17, 15) is 4.79 Å². The van der Waals surface area contributed by atoms with Crippen molar-refractivity contribution < 1.29 is 4.79 Å². The molecule has 2 aromatic heterocycles. The minimum Gasteiger partial charge on any atom is -0.273 e. The molecule has 1 amide bonds. The van der Waals surface area contributed by atoms with Gasteiger partial charge in [-0.25, -0.2) is 10.4 Å². The number of rotatable bonds is 4. The maximum Gasteiger partial charge on any atom is 0.243 e. The van der Waals surface area contributed by atoms with Crippen molar-refractivity contribution in [2.75, 3.05) is 0 Å². The highest BCUT2D eigenvalue weighted by atomic mass is 35.5. The Balaban J connectivity index is 1.38. The molecule has 0 aliphatic heterocycles. The molecule has 1 aliphatic rings. The summed E-state index contributed by atoms with van der Waals surface area (Å²) in [6.45, 7) is 0. The first-order chi connectivity index (χ1) is 12.2. The van der Waals surface area contributed by atoms with Crippen molar-refractivity contribution in [3.63, 3.8) is 0 Å². The Bertz CT molecular complexity index is 972. The maximum atomic E-state index is 12.2. The number of halogens is 1. The minimum atomic E-state index is -0.0799. The van der Waals surface area contributed by atoms with Crippen LogP contribution >= 0.6 is 11.6 Å². The predicted octanol–water partition coefficient (Wildman–Crippen LogP) is 3.54. The molecule has 1 fully saturated rings. The number of carbonyl (C=O) groups excluding carboxylic acids is 1. The van der Waals surface area contributed by atoms with Crippen molar-refractivity contribution >= 4 is 34.8 Å². The van der Waals surface area contributed by atoms with Crippen LogP contribution in [0, 0.1) is 5.92 Å². The van der Waals surface area contributed by atoms with Crippen molar-refractivity contribution in [1.82, 2.24) is 15.4 Å². The first kappa shape index (κ1) is 15.7. The topological polar surface area (TPSA) is 67.2 Å². The van der Waals surface area contributed by atoms with Crippen LogP contribution in [0.1, 0.15) is 23.6 Å². The zero-order chi connectivity index (χ0) is 17.2. The van der Waals surface area contributed by atoms with Gasteiger partial charge in [0.2, 0.25) is 5.91 Å². The maximum absolute atomic E-state index is 12.2. The molecule has 1 N–H and O–H groups in total. The van der Waals surface area contributed by atoms with Gasteiger partial charge in [0.15, 0.2) is 0 Å². The zero-order valence-corrected chi connectivity index (χ0v) is 14.0. The van der Waals surface area contributed by atoms with Crippen molar-refractivity contribution in [1.29, 1.82) is 0 Å². The Morgan fingerprint density at radius 1 is 1.20 bits per heavy atom. The van der Waals surface area contributed by atoms with E-state index in [4.69, 9.17) is 11.6 Å². The summed E-state index contributed by atoms with van der Waals surface area (Å²) < 4.78 is 0. The molecule has 0 spiro atoms. The number of fused-ring (bicyclic) bond motifs is 1. The van der Waals surface area contributed by atoms with E-state index in [0.29, 0.717) is 10.7 Å². The van der Waals surface area contributed by atoms with Crippen LogP contribution in [-0.4, -0.2) is 22.1 Å². The van der Waals surface area contributed by atoms with Gasteiger partial charge in [0, 0.05) is 17.1 Å². The Morgan fingerprint density at radius 3 is 3.00 bits per heavy atom. The van der Waals surface area contributed by atoms with Crippen molar-refractivity contribution in [2.45, 2.75) is 12.3 Å². The third-order valence-electron chi connectivity index (χ3n) is 4.25. The number of amides is 1. The molecular weight excluding hydrogens is 336 g/mol. The molecule has 5 nitrogen and oxygen atoms in total. The van der Waals surface area contributed by atoms with Crippen LogP contribution in [0.3, 0.4) is 0 Å². The molecule has 2 unspecified atom stereocenters. The van der Waals surface area contributed by atoms with Crippen LogP contribution < -0.4 is 5.43 Å². The molecule has 3 aromatic rings. The highest BCUT2D eigenvalue weighted by Crippen LogP contribution is 2.47. The van der Waals surface area contributed by atoms with Crippen molar-refractivity contribution in [3.05, 3.63) is 71.0 Å². The van der Waals surface area contributed by atoms with Crippen LogP contribution in [0.2, 0.25) is 5.02 Å². The van der Waals surface area contributed by atoms with Gasteiger partial charge in [-0.2, -0.15) is 5.10 Å². The first-order valence-electron chi connectivity index (χ1n) is 8.01. The van der Waals surface area contributed by atoms with Gasteiger partial charge in [0.1, 0.15) is 0 Å². The van der Waals surface area contributed by atoms with Gasteiger partial charge < -0.3 is 0 Å². The summed E-state index contributed by atoms with van der Waals surface area (Å²) in [5, 5.41) is 4.71. The highest BCUT2D eigenvalue weighted by Gasteiger charge is 2.43. The Morgan fingerprint density at radius 2 is 2.12 bits per heavy atom. The van der Waals surface area contributed by atoms with E-state index in [1.54, 1.807) is 12.4 Å². The number of carbonyl (C=O) groups is 1. The molecule has 1 aliphatic carbocycles. The average Bonchev–Trinajstić information content (AvgIpc) is 3.42. The second-order valence-corrected chi connectivity index (χ2v) is 6.45. The Kier molecular flexibility index (Phi) is 4.15. The quantitative estimate of drug-likeness (QED) is 0.578. The second-order valence-electron chi connectivity index (χ2n) is 6.02. The van der Waals surface area contributed by atoms with Crippen LogP contribution in [0.4, 0.5) is 0 Å². The molecule has 1 saturated carbocycles. The number of nitrogens with zero attached hydrogens (tertiary/aromatic N) is 3. The van der Waals surface area contributed by atoms with Gasteiger partial charge in [-0.05, 0) is 54.3 Å². The molecule has 2 heterocycles. The third-order valence-corrected chi connectivity index (χ3v) is 4.49. The van der Waals surface area contributed by atoms with Gasteiger partial charge in [-0.1, -0.05) is 23.7 Å². The minimum absolute atomic E-state index is 0.0515. The predicted molar refractivity (Wildman–Crippen MR) is 97.6 cm³/mol. The van der Waals surface area contributed by atoms with Crippen LogP contribution in [0.15, 0.2) is 59.8 Å². The van der Waals surface area contributed by atoms with E-state index in [1.165, 1.54) is 0 Å². The summed E-state index contributed by atoms with van der Waals surface area (Å²) in [5.74, 6) is 0.0897. The van der Waals surface area contributed by atoms with Gasteiger partial charge in [-0.3, -0.25) is 9.78 Å². The van der Waals surface area contributed by atoms with Crippen molar-refractivity contribution in [3.8, 4) is 0 Å². The van der Waals surface area contributed by atoms with E-state index in [2.05, 4.69) is 20.5 Å². The molecule has 0 bridgehead atoms. The van der Waals surface area contributed by atoms with Crippen LogP contribution in [0.5, 0.6) is 0 Å². The van der Waals surface area contributed by atoms with E-state index in [0.717, 1.165) is 23.0 Å². The zero-order valence-electron chi connectivity index (χ0n) is 13.3. The molecule has 4 rings (SSSR count). The number of benzene rings is 1. The van der Waals surface area contributed by atoms with E-state index >= 15 is 0 Å². The number of hydrogen-bond donors (Lipinski definition) is 1. The lowest BCUT2D eigenvalue weighted by Gasteiger charge is -2.01. The fourth-order valence-electron chi connectivity index (χ4n) is 2.88. The third kappa shape index (κ3) is 3.51. The molecular formula is C19H15ClN4O. The van der Waals surface area contributed by atoms with Crippen molar-refractivity contribution in [2.24, 2.45) is 11.0 Å². The molecule has 0 radical (unpaired) electrons. The molecule has 124 valence electrons. The second kappa shape index (κ2) is 6.61. The number of pyridine rings is 2. The molecule has 6 heteroatoms. The smallest absolute Gasteiger partial charge is 0.243 e. The monoisotopic (exact) mass is 350 g/mol. The van der Waals surface area contributed by atoms with E-state index in [1.807, 2.05) is 48.5 Å². The number of hydrogen-bond acceptors (Lipinski definition) is 4. The summed E-state index contributed by atoms with van der Waals surface area (Å²) in [4.78, 5) is 20.8. The summed E-state index contributed by atoms with van der Waals surface area (Å²) in [5.41, 5.74) is 5.98. The van der Waals surface area contributed by atoms with Gasteiger partial charge >= 0.3 is 0 Å². The molecule has 0 saturated heterocycles. The molecule has 25 heavy (non-hydrogen) atoms. The van der Waals surface area contributed by atoms with Gasteiger partial charge in [0.05, 0.1) is 22.9 Å². The normalized spacial score (nSPS) is 19.2. The Labute approximate surface area is 149 Å². The summed E-state index contributed by atoms with van der Waals surface area (Å²) in [7, 11) is 0. The van der Waals surface area contributed by atoms with E-state index < -0.39 is 0 Å². The van der Waals surface area contributed by atoms with Crippen LogP contribution in [-0.2, 0) is 4.79 Å². The average molecular weight is 351 g/mol. The highest BCUT2D eigenvalue weighted by molar-refractivity contribution is 6.30. The lowest BCUT2D eigenvalue weighted by atomic mass is 10.1. The number of nitrogens with one attached hydrogen (secondary N) is 1.